The van der Waals surface area contributed by atoms with Crippen molar-refractivity contribution in [3.63, 3.8) is 0 Å². The Bertz CT molecular complexity index is 300. The first-order valence-corrected chi connectivity index (χ1v) is 8.41. The van der Waals surface area contributed by atoms with Gasteiger partial charge >= 0.3 is 0 Å². The third-order valence-corrected chi connectivity index (χ3v) is 4.72. The fourth-order valence-corrected chi connectivity index (χ4v) is 3.37. The third-order valence-electron chi connectivity index (χ3n) is 3.74. The van der Waals surface area contributed by atoms with Crippen molar-refractivity contribution in [2.45, 2.75) is 45.6 Å². The van der Waals surface area contributed by atoms with E-state index in [2.05, 4.69) is 19.2 Å². The second-order valence-electron chi connectivity index (χ2n) is 5.18. The Morgan fingerprint density at radius 2 is 2.00 bits per heavy atom. The zero-order chi connectivity index (χ0) is 12.2. The van der Waals surface area contributed by atoms with Crippen molar-refractivity contribution in [1.29, 1.82) is 0 Å². The monoisotopic (exact) mass is 247 g/mol. The Morgan fingerprint density at radius 1 is 1.31 bits per heavy atom. The molecule has 0 radical (unpaired) electrons. The van der Waals surface area contributed by atoms with E-state index in [4.69, 9.17) is 0 Å². The van der Waals surface area contributed by atoms with E-state index in [1.807, 2.05) is 0 Å². The van der Waals surface area contributed by atoms with Crippen LogP contribution >= 0.6 is 0 Å². The largest absolute Gasteiger partial charge is 0.314 e. The average Bonchev–Trinajstić information content (AvgIpc) is 2.53. The van der Waals surface area contributed by atoms with Crippen LogP contribution in [0.4, 0.5) is 0 Å². The van der Waals surface area contributed by atoms with Gasteiger partial charge in [-0.15, -0.1) is 0 Å². The first-order valence-electron chi connectivity index (χ1n) is 6.35. The molecule has 1 aliphatic carbocycles. The van der Waals surface area contributed by atoms with Gasteiger partial charge in [0.2, 0.25) is 0 Å². The Labute approximate surface area is 99.9 Å². The number of rotatable bonds is 6. The Morgan fingerprint density at radius 3 is 2.56 bits per heavy atom. The van der Waals surface area contributed by atoms with Gasteiger partial charge < -0.3 is 5.32 Å². The molecule has 3 unspecified atom stereocenters. The topological polar surface area (TPSA) is 46.2 Å². The molecule has 0 aromatic rings. The molecule has 4 heteroatoms. The molecule has 16 heavy (non-hydrogen) atoms. The zero-order valence-corrected chi connectivity index (χ0v) is 11.5. The standard InChI is InChI=1S/C12H25NO2S/c1-4-8-13-12-6-5-11(10(12)2)7-9-16(3,14)15/h10-13H,4-9H2,1-3H3. The lowest BCUT2D eigenvalue weighted by atomic mass is 9.93. The zero-order valence-electron chi connectivity index (χ0n) is 10.7. The molecule has 0 amide bonds. The molecular weight excluding hydrogens is 222 g/mol. The molecule has 1 rings (SSSR count). The summed E-state index contributed by atoms with van der Waals surface area (Å²) in [7, 11) is -2.79. The summed E-state index contributed by atoms with van der Waals surface area (Å²) in [5.74, 6) is 1.56. The van der Waals surface area contributed by atoms with Gasteiger partial charge in [0, 0.05) is 12.3 Å². The van der Waals surface area contributed by atoms with Gasteiger partial charge in [0.05, 0.1) is 5.75 Å². The molecule has 1 N–H and O–H groups in total. The first kappa shape index (κ1) is 14.0. The lowest BCUT2D eigenvalue weighted by Crippen LogP contribution is -2.33. The maximum atomic E-state index is 11.1. The number of hydrogen-bond acceptors (Lipinski definition) is 3. The highest BCUT2D eigenvalue weighted by Crippen LogP contribution is 2.34. The van der Waals surface area contributed by atoms with Crippen molar-refractivity contribution >= 4 is 9.84 Å². The summed E-state index contributed by atoms with van der Waals surface area (Å²) in [6, 6.07) is 0.601. The minimum atomic E-state index is -2.79. The highest BCUT2D eigenvalue weighted by atomic mass is 32.2. The van der Waals surface area contributed by atoms with Crippen LogP contribution in [0.2, 0.25) is 0 Å². The molecule has 0 aromatic carbocycles. The van der Waals surface area contributed by atoms with Crippen LogP contribution < -0.4 is 5.32 Å². The van der Waals surface area contributed by atoms with Crippen LogP contribution in [0, 0.1) is 11.8 Å². The smallest absolute Gasteiger partial charge is 0.147 e. The van der Waals surface area contributed by atoms with E-state index < -0.39 is 9.84 Å². The molecule has 0 heterocycles. The maximum absolute atomic E-state index is 11.1. The Balaban J connectivity index is 2.35. The van der Waals surface area contributed by atoms with Gasteiger partial charge in [-0.25, -0.2) is 8.42 Å². The number of nitrogens with one attached hydrogen (secondary N) is 1. The summed E-state index contributed by atoms with van der Waals surface area (Å²) < 4.78 is 22.3. The second kappa shape index (κ2) is 6.01. The maximum Gasteiger partial charge on any atom is 0.147 e. The average molecular weight is 247 g/mol. The summed E-state index contributed by atoms with van der Waals surface area (Å²) in [5, 5.41) is 3.56. The fraction of sp³-hybridized carbons (Fsp3) is 1.00. The molecular formula is C12H25NO2S. The van der Waals surface area contributed by atoms with Crippen molar-refractivity contribution in [1.82, 2.24) is 5.32 Å². The van der Waals surface area contributed by atoms with E-state index >= 15 is 0 Å². The van der Waals surface area contributed by atoms with Crippen molar-refractivity contribution in [2.75, 3.05) is 18.6 Å². The van der Waals surface area contributed by atoms with E-state index in [1.165, 1.54) is 19.1 Å². The highest BCUT2D eigenvalue weighted by molar-refractivity contribution is 7.90. The molecule has 0 saturated heterocycles. The van der Waals surface area contributed by atoms with E-state index in [0.29, 0.717) is 23.6 Å². The molecule has 0 aromatic heterocycles. The van der Waals surface area contributed by atoms with Crippen LogP contribution in [0.15, 0.2) is 0 Å². The van der Waals surface area contributed by atoms with Gasteiger partial charge in [-0.05, 0) is 44.1 Å². The summed E-state index contributed by atoms with van der Waals surface area (Å²) >= 11 is 0. The normalized spacial score (nSPS) is 30.8. The van der Waals surface area contributed by atoms with Gasteiger partial charge in [0.25, 0.3) is 0 Å². The van der Waals surface area contributed by atoms with Gasteiger partial charge in [-0.3, -0.25) is 0 Å². The molecule has 0 bridgehead atoms. The van der Waals surface area contributed by atoms with E-state index in [9.17, 15) is 8.42 Å². The summed E-state index contributed by atoms with van der Waals surface area (Å²) in [6.45, 7) is 5.51. The first-order chi connectivity index (χ1) is 7.44. The Hall–Kier alpha value is -0.0900. The van der Waals surface area contributed by atoms with E-state index in [0.717, 1.165) is 19.4 Å². The summed E-state index contributed by atoms with van der Waals surface area (Å²) in [4.78, 5) is 0. The molecule has 1 fully saturated rings. The van der Waals surface area contributed by atoms with Crippen molar-refractivity contribution < 1.29 is 8.42 Å². The molecule has 3 nitrogen and oxygen atoms in total. The van der Waals surface area contributed by atoms with Crippen molar-refractivity contribution in [3.05, 3.63) is 0 Å². The molecule has 3 atom stereocenters. The van der Waals surface area contributed by atoms with E-state index in [1.54, 1.807) is 0 Å². The number of sulfone groups is 1. The van der Waals surface area contributed by atoms with Crippen LogP contribution in [-0.2, 0) is 9.84 Å². The van der Waals surface area contributed by atoms with E-state index in [-0.39, 0.29) is 0 Å². The fourth-order valence-electron chi connectivity index (χ4n) is 2.64. The van der Waals surface area contributed by atoms with Gasteiger partial charge in [0.1, 0.15) is 9.84 Å². The SMILES string of the molecule is CCCNC1CCC(CCS(C)(=O)=O)C1C. The van der Waals surface area contributed by atoms with Crippen LogP contribution in [0.3, 0.4) is 0 Å². The molecule has 1 aliphatic rings. The lowest BCUT2D eigenvalue weighted by molar-refractivity contribution is 0.346. The van der Waals surface area contributed by atoms with Crippen molar-refractivity contribution in [2.24, 2.45) is 11.8 Å². The minimum absolute atomic E-state index is 0.350. The minimum Gasteiger partial charge on any atom is -0.314 e. The second-order valence-corrected chi connectivity index (χ2v) is 7.44. The quantitative estimate of drug-likeness (QED) is 0.779. The highest BCUT2D eigenvalue weighted by Gasteiger charge is 2.32. The summed E-state index contributed by atoms with van der Waals surface area (Å²) in [6.07, 6.45) is 5.72. The Kier molecular flexibility index (Phi) is 5.25. The van der Waals surface area contributed by atoms with Crippen molar-refractivity contribution in [3.8, 4) is 0 Å². The van der Waals surface area contributed by atoms with Gasteiger partial charge in [0.15, 0.2) is 0 Å². The van der Waals surface area contributed by atoms with Crippen LogP contribution in [0.25, 0.3) is 0 Å². The lowest BCUT2D eigenvalue weighted by Gasteiger charge is -2.21. The molecule has 1 saturated carbocycles. The molecule has 0 aliphatic heterocycles. The molecule has 0 spiro atoms. The van der Waals surface area contributed by atoms with Crippen LogP contribution in [0.5, 0.6) is 0 Å². The van der Waals surface area contributed by atoms with Crippen LogP contribution in [-0.4, -0.2) is 33.0 Å². The molecule has 96 valence electrons. The third kappa shape index (κ3) is 4.42. The number of hydrogen-bond donors (Lipinski definition) is 1. The van der Waals surface area contributed by atoms with Gasteiger partial charge in [-0.1, -0.05) is 13.8 Å². The van der Waals surface area contributed by atoms with Crippen LogP contribution in [0.1, 0.15) is 39.5 Å². The predicted molar refractivity (Wildman–Crippen MR) is 68.3 cm³/mol. The predicted octanol–water partition coefficient (Wildman–Crippen LogP) is 1.84. The summed E-state index contributed by atoms with van der Waals surface area (Å²) in [5.41, 5.74) is 0. The van der Waals surface area contributed by atoms with Gasteiger partial charge in [-0.2, -0.15) is 0 Å².